The van der Waals surface area contributed by atoms with Crippen LogP contribution in [-0.4, -0.2) is 54.3 Å². The Balaban J connectivity index is 1.57. The lowest BCUT2D eigenvalue weighted by Gasteiger charge is -2.41. The van der Waals surface area contributed by atoms with Crippen LogP contribution < -0.4 is 5.73 Å². The van der Waals surface area contributed by atoms with E-state index in [1.807, 2.05) is 0 Å². The van der Waals surface area contributed by atoms with Gasteiger partial charge in [0.05, 0.1) is 5.41 Å². The number of nitrogens with two attached hydrogens (primary N) is 1. The highest BCUT2D eigenvalue weighted by molar-refractivity contribution is 5.84. The third kappa shape index (κ3) is 3.87. The van der Waals surface area contributed by atoms with Gasteiger partial charge in [-0.2, -0.15) is 0 Å². The van der Waals surface area contributed by atoms with Gasteiger partial charge in [0.25, 0.3) is 0 Å². The Morgan fingerprint density at radius 3 is 2.65 bits per heavy atom. The van der Waals surface area contributed by atoms with Crippen LogP contribution in [0, 0.1) is 11.3 Å². The molecule has 3 rings (SSSR count). The second kappa shape index (κ2) is 7.20. The maximum absolute atomic E-state index is 13.1. The summed E-state index contributed by atoms with van der Waals surface area (Å²) in [7, 11) is 0. The zero-order chi connectivity index (χ0) is 16.3. The van der Waals surface area contributed by atoms with Gasteiger partial charge in [-0.3, -0.25) is 9.59 Å². The lowest BCUT2D eigenvalue weighted by atomic mass is 9.77. The summed E-state index contributed by atoms with van der Waals surface area (Å²) < 4.78 is 0. The molecule has 0 aromatic heterocycles. The van der Waals surface area contributed by atoms with E-state index in [9.17, 15) is 9.59 Å². The number of hydrogen-bond donors (Lipinski definition) is 1. The Morgan fingerprint density at radius 1 is 1.13 bits per heavy atom. The molecule has 5 nitrogen and oxygen atoms in total. The van der Waals surface area contributed by atoms with Crippen LogP contribution in [0.1, 0.15) is 57.8 Å². The Labute approximate surface area is 139 Å². The van der Waals surface area contributed by atoms with E-state index >= 15 is 0 Å². The first kappa shape index (κ1) is 16.7. The molecule has 1 spiro atoms. The van der Waals surface area contributed by atoms with Crippen molar-refractivity contribution in [2.75, 3.05) is 32.7 Å². The van der Waals surface area contributed by atoms with Crippen molar-refractivity contribution in [3.8, 4) is 0 Å². The van der Waals surface area contributed by atoms with E-state index in [0.29, 0.717) is 18.9 Å². The van der Waals surface area contributed by atoms with Crippen molar-refractivity contribution >= 4 is 11.8 Å². The molecule has 0 aromatic carbocycles. The molecule has 2 heterocycles. The highest BCUT2D eigenvalue weighted by Gasteiger charge is 2.48. The Bertz CT molecular complexity index is 448. The summed E-state index contributed by atoms with van der Waals surface area (Å²) in [6.45, 7) is 4.36. The molecule has 2 saturated heterocycles. The summed E-state index contributed by atoms with van der Waals surface area (Å²) in [5.41, 5.74) is 5.08. The molecule has 0 aromatic rings. The normalized spacial score (nSPS) is 30.3. The molecule has 23 heavy (non-hydrogen) atoms. The Morgan fingerprint density at radius 2 is 1.91 bits per heavy atom. The lowest BCUT2D eigenvalue weighted by molar-refractivity contribution is -0.146. The third-order valence-corrected chi connectivity index (χ3v) is 6.13. The topological polar surface area (TPSA) is 66.6 Å². The summed E-state index contributed by atoms with van der Waals surface area (Å²) in [5, 5.41) is 0. The SMILES string of the molecule is NC(=O)CCN1CC[C@]2(CCCN(CC3CCCCC3)C2=O)C1. The first-order valence-corrected chi connectivity index (χ1v) is 9.39. The average molecular weight is 321 g/mol. The van der Waals surface area contributed by atoms with Crippen LogP contribution in [0.4, 0.5) is 0 Å². The smallest absolute Gasteiger partial charge is 0.230 e. The number of amides is 2. The summed E-state index contributed by atoms with van der Waals surface area (Å²) in [6, 6.07) is 0. The number of primary amides is 1. The molecule has 2 aliphatic heterocycles. The molecule has 2 amide bonds. The number of piperidine rings is 1. The number of carbonyl (C=O) groups excluding carboxylic acids is 2. The predicted octanol–water partition coefficient (Wildman–Crippen LogP) is 1.76. The van der Waals surface area contributed by atoms with E-state index in [4.69, 9.17) is 5.73 Å². The van der Waals surface area contributed by atoms with Crippen LogP contribution in [0.2, 0.25) is 0 Å². The average Bonchev–Trinajstić information content (AvgIpc) is 2.95. The molecular formula is C18H31N3O2. The van der Waals surface area contributed by atoms with Crippen LogP contribution in [0.3, 0.4) is 0 Å². The van der Waals surface area contributed by atoms with E-state index in [2.05, 4.69) is 9.80 Å². The number of carbonyl (C=O) groups is 2. The van der Waals surface area contributed by atoms with Crippen LogP contribution in [0.5, 0.6) is 0 Å². The van der Waals surface area contributed by atoms with E-state index in [1.165, 1.54) is 32.1 Å². The van der Waals surface area contributed by atoms with E-state index in [1.54, 1.807) is 0 Å². The molecule has 1 aliphatic carbocycles. The van der Waals surface area contributed by atoms with Gasteiger partial charge in [0.15, 0.2) is 0 Å². The summed E-state index contributed by atoms with van der Waals surface area (Å²) >= 11 is 0. The van der Waals surface area contributed by atoms with E-state index in [0.717, 1.165) is 51.4 Å². The summed E-state index contributed by atoms with van der Waals surface area (Å²) in [6.07, 6.45) is 10.1. The van der Waals surface area contributed by atoms with Crippen molar-refractivity contribution in [1.82, 2.24) is 9.80 Å². The standard InChI is InChI=1S/C18H31N3O2/c19-16(22)7-11-20-12-9-18(14-20)8-4-10-21(17(18)23)13-15-5-2-1-3-6-15/h15H,1-14H2,(H2,19,22)/t18-/m1/s1. The molecule has 3 aliphatic rings. The minimum absolute atomic E-state index is 0.176. The monoisotopic (exact) mass is 321 g/mol. The highest BCUT2D eigenvalue weighted by Crippen LogP contribution is 2.40. The zero-order valence-corrected chi connectivity index (χ0v) is 14.3. The predicted molar refractivity (Wildman–Crippen MR) is 89.7 cm³/mol. The largest absolute Gasteiger partial charge is 0.370 e. The van der Waals surface area contributed by atoms with E-state index < -0.39 is 0 Å². The van der Waals surface area contributed by atoms with Crippen LogP contribution in [0.25, 0.3) is 0 Å². The van der Waals surface area contributed by atoms with Crippen molar-refractivity contribution in [1.29, 1.82) is 0 Å². The molecule has 0 unspecified atom stereocenters. The first-order valence-electron chi connectivity index (χ1n) is 9.39. The van der Waals surface area contributed by atoms with Crippen LogP contribution in [0.15, 0.2) is 0 Å². The molecule has 1 saturated carbocycles. The van der Waals surface area contributed by atoms with Crippen LogP contribution in [-0.2, 0) is 9.59 Å². The molecule has 2 N–H and O–H groups in total. The van der Waals surface area contributed by atoms with Gasteiger partial charge in [-0.15, -0.1) is 0 Å². The fraction of sp³-hybridized carbons (Fsp3) is 0.889. The number of nitrogens with zero attached hydrogens (tertiary/aromatic N) is 2. The number of rotatable bonds is 5. The Hall–Kier alpha value is -1.10. The molecular weight excluding hydrogens is 290 g/mol. The fourth-order valence-corrected chi connectivity index (χ4v) is 4.80. The van der Waals surface area contributed by atoms with Gasteiger partial charge < -0.3 is 15.5 Å². The van der Waals surface area contributed by atoms with Crippen molar-refractivity contribution in [3.63, 3.8) is 0 Å². The fourth-order valence-electron chi connectivity index (χ4n) is 4.80. The summed E-state index contributed by atoms with van der Waals surface area (Å²) in [4.78, 5) is 28.5. The van der Waals surface area contributed by atoms with Gasteiger partial charge in [-0.25, -0.2) is 0 Å². The minimum Gasteiger partial charge on any atom is -0.370 e. The molecule has 3 fully saturated rings. The van der Waals surface area contributed by atoms with Gasteiger partial charge in [0.1, 0.15) is 0 Å². The Kier molecular flexibility index (Phi) is 5.24. The third-order valence-electron chi connectivity index (χ3n) is 6.13. The highest BCUT2D eigenvalue weighted by atomic mass is 16.2. The van der Waals surface area contributed by atoms with Gasteiger partial charge in [0.2, 0.25) is 11.8 Å². The first-order chi connectivity index (χ1) is 11.1. The maximum Gasteiger partial charge on any atom is 0.230 e. The van der Waals surface area contributed by atoms with Gasteiger partial charge in [-0.05, 0) is 44.6 Å². The molecule has 5 heteroatoms. The van der Waals surface area contributed by atoms with E-state index in [-0.39, 0.29) is 11.3 Å². The van der Waals surface area contributed by atoms with Crippen molar-refractivity contribution in [2.45, 2.75) is 57.8 Å². The summed E-state index contributed by atoms with van der Waals surface area (Å²) in [5.74, 6) is 0.853. The second-order valence-electron chi connectivity index (χ2n) is 7.88. The van der Waals surface area contributed by atoms with Gasteiger partial charge in [-0.1, -0.05) is 19.3 Å². The number of hydrogen-bond acceptors (Lipinski definition) is 3. The zero-order valence-electron chi connectivity index (χ0n) is 14.3. The minimum atomic E-state index is -0.250. The van der Waals surface area contributed by atoms with Crippen molar-refractivity contribution in [3.05, 3.63) is 0 Å². The molecule has 130 valence electrons. The molecule has 0 radical (unpaired) electrons. The van der Waals surface area contributed by atoms with Crippen LogP contribution >= 0.6 is 0 Å². The van der Waals surface area contributed by atoms with Crippen molar-refractivity contribution in [2.24, 2.45) is 17.1 Å². The quantitative estimate of drug-likeness (QED) is 0.839. The maximum atomic E-state index is 13.1. The van der Waals surface area contributed by atoms with Gasteiger partial charge in [0, 0.05) is 32.6 Å². The molecule has 1 atom stereocenters. The second-order valence-corrected chi connectivity index (χ2v) is 7.88. The molecule has 0 bridgehead atoms. The van der Waals surface area contributed by atoms with Crippen molar-refractivity contribution < 1.29 is 9.59 Å². The number of likely N-dealkylation sites (tertiary alicyclic amines) is 2. The lowest BCUT2D eigenvalue weighted by Crippen LogP contribution is -2.51. The van der Waals surface area contributed by atoms with Gasteiger partial charge >= 0.3 is 0 Å².